The summed E-state index contributed by atoms with van der Waals surface area (Å²) in [5.74, 6) is -0.677. The van der Waals surface area contributed by atoms with Crippen LogP contribution in [0.25, 0.3) is 0 Å². The molecule has 0 fully saturated rings. The molecule has 0 aliphatic heterocycles. The molecule has 2 unspecified atom stereocenters. The van der Waals surface area contributed by atoms with Crippen molar-refractivity contribution in [2.45, 2.75) is 52.1 Å². The number of hydrogen-bond donors (Lipinski definition) is 1. The number of rotatable bonds is 7. The highest BCUT2D eigenvalue weighted by Gasteiger charge is 2.18. The summed E-state index contributed by atoms with van der Waals surface area (Å²) in [5.41, 5.74) is 0.0740. The number of aliphatic hydroxyl groups is 1. The van der Waals surface area contributed by atoms with Crippen LogP contribution in [0.4, 0.5) is 8.78 Å². The van der Waals surface area contributed by atoms with E-state index < -0.39 is 17.7 Å². The van der Waals surface area contributed by atoms with Gasteiger partial charge < -0.3 is 5.11 Å². The van der Waals surface area contributed by atoms with Gasteiger partial charge in [0.05, 0.1) is 6.10 Å². The van der Waals surface area contributed by atoms with Gasteiger partial charge in [0.2, 0.25) is 0 Å². The van der Waals surface area contributed by atoms with Crippen LogP contribution in [0.5, 0.6) is 0 Å². The Kier molecular flexibility index (Phi) is 6.27. The van der Waals surface area contributed by atoms with Gasteiger partial charge in [-0.1, -0.05) is 39.5 Å². The van der Waals surface area contributed by atoms with Gasteiger partial charge in [0, 0.05) is 5.56 Å². The van der Waals surface area contributed by atoms with Crippen LogP contribution >= 0.6 is 0 Å². The predicted molar refractivity (Wildman–Crippen MR) is 69.2 cm³/mol. The van der Waals surface area contributed by atoms with Crippen molar-refractivity contribution in [2.24, 2.45) is 5.92 Å². The number of hydrogen-bond acceptors (Lipinski definition) is 1. The van der Waals surface area contributed by atoms with Crippen LogP contribution < -0.4 is 0 Å². The average molecular weight is 256 g/mol. The van der Waals surface area contributed by atoms with E-state index in [2.05, 4.69) is 13.8 Å². The normalized spacial score (nSPS) is 14.5. The zero-order valence-corrected chi connectivity index (χ0v) is 11.1. The molecule has 0 amide bonds. The summed E-state index contributed by atoms with van der Waals surface area (Å²) >= 11 is 0. The number of unbranched alkanes of at least 4 members (excludes halogenated alkanes) is 1. The molecule has 0 spiro atoms. The second kappa shape index (κ2) is 7.47. The first kappa shape index (κ1) is 15.1. The predicted octanol–water partition coefficient (Wildman–Crippen LogP) is 4.60. The molecular formula is C15H22F2O. The summed E-state index contributed by atoms with van der Waals surface area (Å²) < 4.78 is 26.6. The highest BCUT2D eigenvalue weighted by atomic mass is 19.1. The van der Waals surface area contributed by atoms with E-state index in [1.807, 2.05) is 0 Å². The van der Waals surface area contributed by atoms with Crippen molar-refractivity contribution >= 4 is 0 Å². The van der Waals surface area contributed by atoms with Crippen LogP contribution in [-0.2, 0) is 0 Å². The lowest BCUT2D eigenvalue weighted by Gasteiger charge is -2.19. The molecule has 1 nitrogen and oxygen atoms in total. The molecule has 0 aliphatic carbocycles. The molecule has 102 valence electrons. The summed E-state index contributed by atoms with van der Waals surface area (Å²) in [6, 6.07) is 3.23. The van der Waals surface area contributed by atoms with Gasteiger partial charge in [-0.05, 0) is 30.5 Å². The number of benzene rings is 1. The SMILES string of the molecule is CCCCC(CC)CC(O)c1cc(F)ccc1F. The molecule has 1 aromatic carbocycles. The van der Waals surface area contributed by atoms with E-state index in [1.165, 1.54) is 0 Å². The minimum Gasteiger partial charge on any atom is -0.388 e. The molecular weight excluding hydrogens is 234 g/mol. The van der Waals surface area contributed by atoms with Crippen molar-refractivity contribution in [1.29, 1.82) is 0 Å². The third-order valence-electron chi connectivity index (χ3n) is 3.42. The second-order valence-corrected chi connectivity index (χ2v) is 4.83. The first-order valence-corrected chi connectivity index (χ1v) is 6.71. The van der Waals surface area contributed by atoms with E-state index in [0.717, 1.165) is 43.9 Å². The Morgan fingerprint density at radius 1 is 1.22 bits per heavy atom. The van der Waals surface area contributed by atoms with E-state index in [1.54, 1.807) is 0 Å². The van der Waals surface area contributed by atoms with Gasteiger partial charge in [-0.15, -0.1) is 0 Å². The Bertz CT molecular complexity index is 366. The van der Waals surface area contributed by atoms with E-state index in [-0.39, 0.29) is 5.56 Å². The van der Waals surface area contributed by atoms with Gasteiger partial charge in [0.1, 0.15) is 11.6 Å². The molecule has 0 aromatic heterocycles. The van der Waals surface area contributed by atoms with Crippen LogP contribution in [0.2, 0.25) is 0 Å². The van der Waals surface area contributed by atoms with Crippen LogP contribution in [-0.4, -0.2) is 5.11 Å². The maximum atomic E-state index is 13.5. The third-order valence-corrected chi connectivity index (χ3v) is 3.42. The van der Waals surface area contributed by atoms with Crippen LogP contribution in [0, 0.1) is 17.6 Å². The Labute approximate surface area is 108 Å². The Morgan fingerprint density at radius 3 is 2.56 bits per heavy atom. The van der Waals surface area contributed by atoms with Crippen molar-refractivity contribution < 1.29 is 13.9 Å². The molecule has 1 aromatic rings. The molecule has 3 heteroatoms. The zero-order chi connectivity index (χ0) is 13.5. The van der Waals surface area contributed by atoms with Crippen molar-refractivity contribution in [1.82, 2.24) is 0 Å². The largest absolute Gasteiger partial charge is 0.388 e. The van der Waals surface area contributed by atoms with E-state index >= 15 is 0 Å². The van der Waals surface area contributed by atoms with Gasteiger partial charge in [-0.3, -0.25) is 0 Å². The summed E-state index contributed by atoms with van der Waals surface area (Å²) in [6.07, 6.45) is 3.78. The fourth-order valence-corrected chi connectivity index (χ4v) is 2.19. The van der Waals surface area contributed by atoms with Crippen molar-refractivity contribution in [3.8, 4) is 0 Å². The number of halogens is 2. The molecule has 18 heavy (non-hydrogen) atoms. The van der Waals surface area contributed by atoms with Gasteiger partial charge in [0.15, 0.2) is 0 Å². The quantitative estimate of drug-likeness (QED) is 0.755. The summed E-state index contributed by atoms with van der Waals surface area (Å²) in [6.45, 7) is 4.18. The second-order valence-electron chi connectivity index (χ2n) is 4.83. The van der Waals surface area contributed by atoms with Crippen LogP contribution in [0.1, 0.15) is 57.6 Å². The highest BCUT2D eigenvalue weighted by molar-refractivity contribution is 5.21. The molecule has 0 aliphatic rings. The third kappa shape index (κ3) is 4.37. The van der Waals surface area contributed by atoms with E-state index in [4.69, 9.17) is 0 Å². The van der Waals surface area contributed by atoms with Crippen LogP contribution in [0.3, 0.4) is 0 Å². The fourth-order valence-electron chi connectivity index (χ4n) is 2.19. The lowest BCUT2D eigenvalue weighted by molar-refractivity contribution is 0.135. The molecule has 0 saturated heterocycles. The van der Waals surface area contributed by atoms with Gasteiger partial charge >= 0.3 is 0 Å². The van der Waals surface area contributed by atoms with Gasteiger partial charge in [-0.25, -0.2) is 8.78 Å². The topological polar surface area (TPSA) is 20.2 Å². The average Bonchev–Trinajstić information content (AvgIpc) is 2.37. The molecule has 0 heterocycles. The molecule has 0 bridgehead atoms. The van der Waals surface area contributed by atoms with E-state index in [0.29, 0.717) is 12.3 Å². The number of aliphatic hydroxyl groups excluding tert-OH is 1. The van der Waals surface area contributed by atoms with Gasteiger partial charge in [0.25, 0.3) is 0 Å². The Morgan fingerprint density at radius 2 is 1.94 bits per heavy atom. The minimum absolute atomic E-state index is 0.0740. The highest BCUT2D eigenvalue weighted by Crippen LogP contribution is 2.28. The first-order valence-electron chi connectivity index (χ1n) is 6.71. The Balaban J connectivity index is 2.67. The summed E-state index contributed by atoms with van der Waals surface area (Å²) in [4.78, 5) is 0. The van der Waals surface area contributed by atoms with Crippen molar-refractivity contribution in [2.75, 3.05) is 0 Å². The van der Waals surface area contributed by atoms with Crippen molar-refractivity contribution in [3.05, 3.63) is 35.4 Å². The lowest BCUT2D eigenvalue weighted by atomic mass is 9.90. The summed E-state index contributed by atoms with van der Waals surface area (Å²) in [5, 5.41) is 10.0. The smallest absolute Gasteiger partial charge is 0.129 e. The zero-order valence-electron chi connectivity index (χ0n) is 11.1. The molecule has 0 radical (unpaired) electrons. The monoisotopic (exact) mass is 256 g/mol. The minimum atomic E-state index is -0.914. The molecule has 1 rings (SSSR count). The van der Waals surface area contributed by atoms with Crippen LogP contribution in [0.15, 0.2) is 18.2 Å². The van der Waals surface area contributed by atoms with Gasteiger partial charge in [-0.2, -0.15) is 0 Å². The molecule has 0 saturated carbocycles. The summed E-state index contributed by atoms with van der Waals surface area (Å²) in [7, 11) is 0. The Hall–Kier alpha value is -0.960. The molecule has 2 atom stereocenters. The fraction of sp³-hybridized carbons (Fsp3) is 0.600. The first-order chi connectivity index (χ1) is 8.58. The van der Waals surface area contributed by atoms with E-state index in [9.17, 15) is 13.9 Å². The standard InChI is InChI=1S/C15H22F2O/c1-3-5-6-11(4-2)9-15(18)13-10-12(16)7-8-14(13)17/h7-8,10-11,15,18H,3-6,9H2,1-2H3. The molecule has 1 N–H and O–H groups in total. The lowest BCUT2D eigenvalue weighted by Crippen LogP contribution is -2.09. The maximum Gasteiger partial charge on any atom is 0.129 e. The van der Waals surface area contributed by atoms with Crippen molar-refractivity contribution in [3.63, 3.8) is 0 Å². The maximum absolute atomic E-state index is 13.5.